The van der Waals surface area contributed by atoms with Crippen LogP contribution in [0.25, 0.3) is 6.08 Å². The molecule has 0 spiro atoms. The van der Waals surface area contributed by atoms with E-state index in [2.05, 4.69) is 20.7 Å². The molecule has 0 radical (unpaired) electrons. The lowest BCUT2D eigenvalue weighted by molar-refractivity contribution is -0.141. The van der Waals surface area contributed by atoms with E-state index in [-0.39, 0.29) is 18.3 Å². The average molecular weight is 398 g/mol. The van der Waals surface area contributed by atoms with Crippen molar-refractivity contribution in [1.82, 2.24) is 4.90 Å². The molecule has 0 N–H and O–H groups in total. The lowest BCUT2D eigenvalue weighted by Gasteiger charge is -2.22. The molecule has 0 saturated heterocycles. The summed E-state index contributed by atoms with van der Waals surface area (Å²) in [5.41, 5.74) is 0.803. The maximum Gasteiger partial charge on any atom is 0.307 e. The van der Waals surface area contributed by atoms with Crippen LogP contribution in [-0.4, -0.2) is 44.1 Å². The summed E-state index contributed by atoms with van der Waals surface area (Å²) in [5.74, 6) is 0.524. The Kier molecular flexibility index (Phi) is 8.54. The first kappa shape index (κ1) is 20.2. The third-order valence-electron chi connectivity index (χ3n) is 3.31. The lowest BCUT2D eigenvalue weighted by Crippen LogP contribution is -2.34. The van der Waals surface area contributed by atoms with Crippen molar-refractivity contribution in [3.05, 3.63) is 34.3 Å². The van der Waals surface area contributed by atoms with Crippen LogP contribution in [0.5, 0.6) is 5.75 Å². The Balaban J connectivity index is 2.86. The highest BCUT2D eigenvalue weighted by Crippen LogP contribution is 2.24. The predicted molar refractivity (Wildman–Crippen MR) is 97.8 cm³/mol. The van der Waals surface area contributed by atoms with E-state index in [9.17, 15) is 9.59 Å². The zero-order valence-corrected chi connectivity index (χ0v) is 16.1. The van der Waals surface area contributed by atoms with E-state index in [1.165, 1.54) is 13.2 Å². The molecule has 0 aliphatic carbocycles. The molecule has 0 aliphatic rings. The van der Waals surface area contributed by atoms with Crippen LogP contribution in [0.3, 0.4) is 0 Å². The minimum atomic E-state index is -0.325. The van der Waals surface area contributed by atoms with Crippen molar-refractivity contribution in [1.29, 1.82) is 0 Å². The summed E-state index contributed by atoms with van der Waals surface area (Å²) in [6.45, 7) is 4.97. The fourth-order valence-electron chi connectivity index (χ4n) is 2.16. The van der Waals surface area contributed by atoms with Crippen molar-refractivity contribution in [2.75, 3.05) is 27.3 Å². The van der Waals surface area contributed by atoms with E-state index in [1.54, 1.807) is 18.1 Å². The molecule has 1 aromatic rings. The van der Waals surface area contributed by atoms with Crippen LogP contribution >= 0.6 is 15.9 Å². The number of hydrogen-bond donors (Lipinski definition) is 0. The molecule has 6 heteroatoms. The number of hydrogen-bond acceptors (Lipinski definition) is 4. The van der Waals surface area contributed by atoms with Crippen molar-refractivity contribution < 1.29 is 19.1 Å². The molecule has 5 nitrogen and oxygen atoms in total. The second kappa shape index (κ2) is 10.1. The summed E-state index contributed by atoms with van der Waals surface area (Å²) in [4.78, 5) is 25.5. The maximum absolute atomic E-state index is 12.5. The minimum absolute atomic E-state index is 0.144. The molecular weight excluding hydrogens is 374 g/mol. The van der Waals surface area contributed by atoms with Gasteiger partial charge in [-0.15, -0.1) is 0 Å². The van der Waals surface area contributed by atoms with E-state index < -0.39 is 0 Å². The molecule has 1 aromatic carbocycles. The van der Waals surface area contributed by atoms with Gasteiger partial charge in [0.1, 0.15) is 5.75 Å². The molecule has 132 valence electrons. The van der Waals surface area contributed by atoms with Gasteiger partial charge in [0.2, 0.25) is 5.91 Å². The monoisotopic (exact) mass is 397 g/mol. The number of carbonyl (C=O) groups is 2. The highest BCUT2D eigenvalue weighted by Gasteiger charge is 2.14. The first-order valence-electron chi connectivity index (χ1n) is 7.74. The Hall–Kier alpha value is -1.82. The Morgan fingerprint density at radius 1 is 1.29 bits per heavy atom. The standard InChI is InChI=1S/C18H24BrNO4/c1-13(2)12-20(10-9-18(22)24-4)17(21)8-5-14-11-15(19)6-7-16(14)23-3/h5-8,11,13H,9-10,12H2,1-4H3. The fraction of sp³-hybridized carbons (Fsp3) is 0.444. The van der Waals surface area contributed by atoms with Crippen LogP contribution in [-0.2, 0) is 14.3 Å². The van der Waals surface area contributed by atoms with Gasteiger partial charge in [-0.2, -0.15) is 0 Å². The molecule has 0 aliphatic heterocycles. The summed E-state index contributed by atoms with van der Waals surface area (Å²) in [7, 11) is 2.93. The summed E-state index contributed by atoms with van der Waals surface area (Å²) in [5, 5.41) is 0. The topological polar surface area (TPSA) is 55.8 Å². The number of ether oxygens (including phenoxy) is 2. The number of esters is 1. The normalized spacial score (nSPS) is 10.9. The summed E-state index contributed by atoms with van der Waals surface area (Å²) in [6.07, 6.45) is 3.41. The first-order valence-corrected chi connectivity index (χ1v) is 8.54. The molecule has 0 saturated carbocycles. The molecule has 0 heterocycles. The van der Waals surface area contributed by atoms with E-state index >= 15 is 0 Å². The Morgan fingerprint density at radius 2 is 2.00 bits per heavy atom. The molecule has 0 aromatic heterocycles. The Morgan fingerprint density at radius 3 is 2.58 bits per heavy atom. The van der Waals surface area contributed by atoms with Gasteiger partial charge in [-0.25, -0.2) is 0 Å². The van der Waals surface area contributed by atoms with E-state index in [1.807, 2.05) is 32.0 Å². The second-order valence-electron chi connectivity index (χ2n) is 5.72. The fourth-order valence-corrected chi connectivity index (χ4v) is 2.54. The van der Waals surface area contributed by atoms with Crippen molar-refractivity contribution in [3.8, 4) is 5.75 Å². The molecule has 1 amide bonds. The van der Waals surface area contributed by atoms with E-state index in [0.717, 1.165) is 10.0 Å². The van der Waals surface area contributed by atoms with Gasteiger partial charge < -0.3 is 14.4 Å². The van der Waals surface area contributed by atoms with Gasteiger partial charge >= 0.3 is 5.97 Å². The van der Waals surface area contributed by atoms with Crippen LogP contribution in [0.1, 0.15) is 25.8 Å². The maximum atomic E-state index is 12.5. The van der Waals surface area contributed by atoms with Gasteiger partial charge in [-0.1, -0.05) is 29.8 Å². The van der Waals surface area contributed by atoms with E-state index in [4.69, 9.17) is 4.74 Å². The van der Waals surface area contributed by atoms with Gasteiger partial charge in [0, 0.05) is 29.2 Å². The zero-order chi connectivity index (χ0) is 18.1. The number of methoxy groups -OCH3 is 2. The quantitative estimate of drug-likeness (QED) is 0.497. The molecule has 24 heavy (non-hydrogen) atoms. The Labute approximate surface area is 151 Å². The summed E-state index contributed by atoms with van der Waals surface area (Å²) >= 11 is 3.41. The van der Waals surface area contributed by atoms with E-state index in [0.29, 0.717) is 24.8 Å². The molecular formula is C18H24BrNO4. The average Bonchev–Trinajstić information content (AvgIpc) is 2.55. The van der Waals surface area contributed by atoms with Gasteiger partial charge in [-0.05, 0) is 30.2 Å². The van der Waals surface area contributed by atoms with Crippen LogP contribution in [0.2, 0.25) is 0 Å². The van der Waals surface area contributed by atoms with Crippen LogP contribution in [0, 0.1) is 5.92 Å². The largest absolute Gasteiger partial charge is 0.496 e. The van der Waals surface area contributed by atoms with Crippen LogP contribution in [0.4, 0.5) is 0 Å². The third-order valence-corrected chi connectivity index (χ3v) is 3.80. The molecule has 0 unspecified atom stereocenters. The van der Waals surface area contributed by atoms with Crippen LogP contribution in [0.15, 0.2) is 28.7 Å². The van der Waals surface area contributed by atoms with Gasteiger partial charge in [0.25, 0.3) is 0 Å². The number of benzene rings is 1. The zero-order valence-electron chi connectivity index (χ0n) is 14.5. The second-order valence-corrected chi connectivity index (χ2v) is 6.64. The highest BCUT2D eigenvalue weighted by molar-refractivity contribution is 9.10. The summed E-state index contributed by atoms with van der Waals surface area (Å²) in [6, 6.07) is 5.58. The third kappa shape index (κ3) is 6.74. The number of carbonyl (C=O) groups excluding carboxylic acids is 2. The molecule has 1 rings (SSSR count). The molecule has 0 fully saturated rings. The van der Waals surface area contributed by atoms with Gasteiger partial charge in [-0.3, -0.25) is 9.59 Å². The number of halogens is 1. The van der Waals surface area contributed by atoms with Gasteiger partial charge in [0.15, 0.2) is 0 Å². The van der Waals surface area contributed by atoms with Crippen LogP contribution < -0.4 is 4.74 Å². The SMILES string of the molecule is COC(=O)CCN(CC(C)C)C(=O)C=Cc1cc(Br)ccc1OC. The predicted octanol–water partition coefficient (Wildman–Crippen LogP) is 3.52. The number of rotatable bonds is 8. The number of nitrogens with zero attached hydrogens (tertiary/aromatic N) is 1. The highest BCUT2D eigenvalue weighted by atomic mass is 79.9. The van der Waals surface area contributed by atoms with Crippen molar-refractivity contribution in [2.45, 2.75) is 20.3 Å². The molecule has 0 bridgehead atoms. The Bertz CT molecular complexity index is 599. The van der Waals surface area contributed by atoms with Crippen molar-refractivity contribution in [3.63, 3.8) is 0 Å². The first-order chi connectivity index (χ1) is 11.4. The van der Waals surface area contributed by atoms with Gasteiger partial charge in [0.05, 0.1) is 20.6 Å². The summed E-state index contributed by atoms with van der Waals surface area (Å²) < 4.78 is 10.8. The number of amides is 1. The van der Waals surface area contributed by atoms with Crippen molar-refractivity contribution in [2.24, 2.45) is 5.92 Å². The smallest absolute Gasteiger partial charge is 0.307 e. The molecule has 0 atom stereocenters. The lowest BCUT2D eigenvalue weighted by atomic mass is 10.1. The van der Waals surface area contributed by atoms with Crippen molar-refractivity contribution >= 4 is 33.9 Å². The minimum Gasteiger partial charge on any atom is -0.496 e.